The molecule has 0 saturated heterocycles. The summed E-state index contributed by atoms with van der Waals surface area (Å²) in [5.41, 5.74) is 0. The van der Waals surface area contributed by atoms with Gasteiger partial charge in [0.15, 0.2) is 0 Å². The molecular weight excluding hydrogens is 242 g/mol. The van der Waals surface area contributed by atoms with Gasteiger partial charge >= 0.3 is 0 Å². The van der Waals surface area contributed by atoms with E-state index in [2.05, 4.69) is 19.2 Å². The van der Waals surface area contributed by atoms with Crippen LogP contribution in [0.1, 0.15) is 84.5 Å². The second kappa shape index (κ2) is 6.81. The number of fused-ring (bicyclic) bond motifs is 5. The third-order valence-electron chi connectivity index (χ3n) is 6.48. The average molecular weight is 277 g/mol. The number of unbranched alkanes of at least 4 members (excludes halogenated alkanes) is 4. The van der Waals surface area contributed by atoms with Gasteiger partial charge in [-0.2, -0.15) is 0 Å². The zero-order valence-corrected chi connectivity index (χ0v) is 13.7. The molecule has 2 bridgehead atoms. The Labute approximate surface area is 126 Å². The van der Waals surface area contributed by atoms with Crippen LogP contribution < -0.4 is 5.32 Å². The van der Waals surface area contributed by atoms with Crippen molar-refractivity contribution in [2.45, 2.75) is 96.6 Å². The van der Waals surface area contributed by atoms with Crippen LogP contribution in [0.2, 0.25) is 0 Å². The van der Waals surface area contributed by atoms with Gasteiger partial charge in [-0.25, -0.2) is 0 Å². The van der Waals surface area contributed by atoms with Gasteiger partial charge in [0.05, 0.1) is 0 Å². The standard InChI is InChI=1S/C19H35N/c1-3-5-7-9-16(10-8-6-4-2)20-19-17-14-11-12-15(13-14)18(17)19/h14-20H,3-13H2,1-2H3. The Balaban J connectivity index is 1.43. The van der Waals surface area contributed by atoms with Crippen molar-refractivity contribution in [1.29, 1.82) is 0 Å². The Morgan fingerprint density at radius 2 is 1.40 bits per heavy atom. The smallest absolute Gasteiger partial charge is 0.0138 e. The highest BCUT2D eigenvalue weighted by molar-refractivity contribution is 5.17. The predicted molar refractivity (Wildman–Crippen MR) is 86.8 cm³/mol. The minimum Gasteiger partial charge on any atom is -0.311 e. The molecule has 20 heavy (non-hydrogen) atoms. The SMILES string of the molecule is CCCCCC(CCCCC)NC1C2C3CCC(C3)C12. The lowest BCUT2D eigenvalue weighted by molar-refractivity contribution is 0.371. The average Bonchev–Trinajstić information content (AvgIpc) is 2.84. The maximum Gasteiger partial charge on any atom is 0.0138 e. The van der Waals surface area contributed by atoms with Gasteiger partial charge in [0.1, 0.15) is 0 Å². The molecule has 1 nitrogen and oxygen atoms in total. The van der Waals surface area contributed by atoms with Crippen LogP contribution in [-0.4, -0.2) is 12.1 Å². The molecule has 3 rings (SSSR count). The highest BCUT2D eigenvalue weighted by atomic mass is 15.0. The summed E-state index contributed by atoms with van der Waals surface area (Å²) in [7, 11) is 0. The van der Waals surface area contributed by atoms with Crippen molar-refractivity contribution < 1.29 is 0 Å². The predicted octanol–water partition coefficient (Wildman–Crippen LogP) is 5.15. The maximum absolute atomic E-state index is 4.11. The molecule has 3 aliphatic carbocycles. The fourth-order valence-electron chi connectivity index (χ4n) is 5.41. The van der Waals surface area contributed by atoms with Crippen molar-refractivity contribution >= 4 is 0 Å². The molecule has 3 fully saturated rings. The summed E-state index contributed by atoms with van der Waals surface area (Å²) in [4.78, 5) is 0. The Morgan fingerprint density at radius 3 is 1.90 bits per heavy atom. The van der Waals surface area contributed by atoms with Crippen LogP contribution in [0.25, 0.3) is 0 Å². The highest BCUT2D eigenvalue weighted by Gasteiger charge is 2.64. The van der Waals surface area contributed by atoms with Gasteiger partial charge in [-0.05, 0) is 55.8 Å². The van der Waals surface area contributed by atoms with Gasteiger partial charge in [-0.1, -0.05) is 52.4 Å². The molecular formula is C19H35N. The first-order valence-corrected chi connectivity index (χ1v) is 9.61. The van der Waals surface area contributed by atoms with E-state index in [-0.39, 0.29) is 0 Å². The fraction of sp³-hybridized carbons (Fsp3) is 1.00. The molecule has 0 aromatic rings. The Bertz CT molecular complexity index is 274. The molecule has 116 valence electrons. The van der Waals surface area contributed by atoms with E-state index in [0.717, 1.165) is 35.8 Å². The summed E-state index contributed by atoms with van der Waals surface area (Å²) < 4.78 is 0. The van der Waals surface area contributed by atoms with Gasteiger partial charge in [0.25, 0.3) is 0 Å². The second-order valence-electron chi connectivity index (χ2n) is 7.87. The number of nitrogens with one attached hydrogen (secondary N) is 1. The molecule has 0 radical (unpaired) electrons. The van der Waals surface area contributed by atoms with E-state index in [0.29, 0.717) is 0 Å². The lowest BCUT2D eigenvalue weighted by Gasteiger charge is -2.21. The number of rotatable bonds is 10. The fourth-order valence-corrected chi connectivity index (χ4v) is 5.41. The zero-order chi connectivity index (χ0) is 13.9. The van der Waals surface area contributed by atoms with Crippen molar-refractivity contribution in [2.24, 2.45) is 23.7 Å². The van der Waals surface area contributed by atoms with Crippen molar-refractivity contribution in [1.82, 2.24) is 5.32 Å². The molecule has 0 aromatic carbocycles. The third-order valence-corrected chi connectivity index (χ3v) is 6.48. The molecule has 0 spiro atoms. The van der Waals surface area contributed by atoms with E-state index in [1.165, 1.54) is 51.4 Å². The van der Waals surface area contributed by atoms with E-state index in [9.17, 15) is 0 Å². The normalized spacial score (nSPS) is 37.6. The third kappa shape index (κ3) is 3.08. The molecule has 0 aromatic heterocycles. The Hall–Kier alpha value is -0.0400. The lowest BCUT2D eigenvalue weighted by Crippen LogP contribution is -2.34. The first kappa shape index (κ1) is 14.9. The molecule has 3 aliphatic rings. The van der Waals surface area contributed by atoms with Crippen molar-refractivity contribution in [2.75, 3.05) is 0 Å². The first-order chi connectivity index (χ1) is 9.85. The highest BCUT2D eigenvalue weighted by Crippen LogP contribution is 2.65. The number of hydrogen-bond donors (Lipinski definition) is 1. The summed E-state index contributed by atoms with van der Waals surface area (Å²) >= 11 is 0. The molecule has 0 amide bonds. The second-order valence-corrected chi connectivity index (χ2v) is 7.87. The van der Waals surface area contributed by atoms with Crippen molar-refractivity contribution in [3.05, 3.63) is 0 Å². The zero-order valence-electron chi connectivity index (χ0n) is 13.7. The van der Waals surface area contributed by atoms with Crippen LogP contribution in [0.3, 0.4) is 0 Å². The topological polar surface area (TPSA) is 12.0 Å². The van der Waals surface area contributed by atoms with E-state index in [4.69, 9.17) is 0 Å². The van der Waals surface area contributed by atoms with Crippen molar-refractivity contribution in [3.8, 4) is 0 Å². The van der Waals surface area contributed by atoms with Crippen LogP contribution in [0.5, 0.6) is 0 Å². The van der Waals surface area contributed by atoms with Gasteiger partial charge in [0, 0.05) is 12.1 Å². The summed E-state index contributed by atoms with van der Waals surface area (Å²) in [5.74, 6) is 4.45. The first-order valence-electron chi connectivity index (χ1n) is 9.61. The van der Waals surface area contributed by atoms with Crippen LogP contribution in [0.15, 0.2) is 0 Å². The maximum atomic E-state index is 4.11. The van der Waals surface area contributed by atoms with E-state index in [1.807, 2.05) is 0 Å². The van der Waals surface area contributed by atoms with Crippen molar-refractivity contribution in [3.63, 3.8) is 0 Å². The van der Waals surface area contributed by atoms with Gasteiger partial charge < -0.3 is 5.32 Å². The largest absolute Gasteiger partial charge is 0.311 e. The van der Waals surface area contributed by atoms with E-state index in [1.54, 1.807) is 19.3 Å². The molecule has 1 heteroatoms. The monoisotopic (exact) mass is 277 g/mol. The summed E-state index contributed by atoms with van der Waals surface area (Å²) in [6, 6.07) is 1.78. The summed E-state index contributed by atoms with van der Waals surface area (Å²) in [5, 5.41) is 4.11. The number of hydrogen-bond acceptors (Lipinski definition) is 1. The molecule has 1 N–H and O–H groups in total. The van der Waals surface area contributed by atoms with E-state index >= 15 is 0 Å². The van der Waals surface area contributed by atoms with Crippen LogP contribution in [0.4, 0.5) is 0 Å². The van der Waals surface area contributed by atoms with Crippen LogP contribution >= 0.6 is 0 Å². The van der Waals surface area contributed by atoms with Crippen LogP contribution in [0, 0.1) is 23.7 Å². The minimum absolute atomic E-state index is 0.836. The van der Waals surface area contributed by atoms with E-state index < -0.39 is 0 Å². The lowest BCUT2D eigenvalue weighted by atomic mass is 10.0. The molecule has 0 aliphatic heterocycles. The Morgan fingerprint density at radius 1 is 0.850 bits per heavy atom. The van der Waals surface area contributed by atoms with Gasteiger partial charge in [-0.3, -0.25) is 0 Å². The Kier molecular flexibility index (Phi) is 5.07. The van der Waals surface area contributed by atoms with Gasteiger partial charge in [0.2, 0.25) is 0 Å². The summed E-state index contributed by atoms with van der Waals surface area (Å²) in [6.45, 7) is 4.64. The quantitative estimate of drug-likeness (QED) is 0.545. The molecule has 4 unspecified atom stereocenters. The summed E-state index contributed by atoms with van der Waals surface area (Å²) in [6.07, 6.45) is 16.0. The minimum atomic E-state index is 0.836. The molecule has 0 heterocycles. The molecule has 4 atom stereocenters. The van der Waals surface area contributed by atoms with Crippen LogP contribution in [-0.2, 0) is 0 Å². The van der Waals surface area contributed by atoms with Gasteiger partial charge in [-0.15, -0.1) is 0 Å². The molecule has 3 saturated carbocycles.